The maximum atomic E-state index is 11.6. The summed E-state index contributed by atoms with van der Waals surface area (Å²) in [5.74, 6) is 0.599. The highest BCUT2D eigenvalue weighted by Crippen LogP contribution is 2.37. The number of methoxy groups -OCH3 is 1. The highest BCUT2D eigenvalue weighted by Gasteiger charge is 2.38. The van der Waals surface area contributed by atoms with Crippen LogP contribution >= 0.6 is 0 Å². The zero-order chi connectivity index (χ0) is 13.8. The van der Waals surface area contributed by atoms with E-state index in [0.717, 1.165) is 18.4 Å². The van der Waals surface area contributed by atoms with E-state index in [4.69, 9.17) is 0 Å². The number of ether oxygens (including phenoxy) is 1. The van der Waals surface area contributed by atoms with E-state index in [1.807, 2.05) is 12.1 Å². The molecule has 4 nitrogen and oxygen atoms in total. The van der Waals surface area contributed by atoms with E-state index in [2.05, 4.69) is 17.0 Å². The van der Waals surface area contributed by atoms with Crippen LogP contribution < -0.4 is 5.32 Å². The van der Waals surface area contributed by atoms with Crippen LogP contribution in [-0.4, -0.2) is 25.5 Å². The Morgan fingerprint density at radius 1 is 1.32 bits per heavy atom. The third-order valence-electron chi connectivity index (χ3n) is 3.53. The van der Waals surface area contributed by atoms with Crippen LogP contribution in [-0.2, 0) is 16.0 Å². The Labute approximate surface area is 113 Å². The van der Waals surface area contributed by atoms with Crippen molar-refractivity contribution in [3.05, 3.63) is 35.4 Å². The Bertz CT molecular complexity index is 467. The molecule has 0 spiro atoms. The number of carbonyl (C=O) groups excluding carboxylic acids is 2. The predicted molar refractivity (Wildman–Crippen MR) is 71.8 cm³/mol. The van der Waals surface area contributed by atoms with Gasteiger partial charge in [-0.1, -0.05) is 19.1 Å². The lowest BCUT2D eigenvalue weighted by atomic mass is 10.1. The molecule has 1 aromatic carbocycles. The highest BCUT2D eigenvalue weighted by molar-refractivity contribution is 5.89. The zero-order valence-corrected chi connectivity index (χ0v) is 11.3. The predicted octanol–water partition coefficient (Wildman–Crippen LogP) is 1.79. The van der Waals surface area contributed by atoms with Crippen molar-refractivity contribution in [3.8, 4) is 0 Å². The summed E-state index contributed by atoms with van der Waals surface area (Å²) >= 11 is 0. The van der Waals surface area contributed by atoms with E-state index in [-0.39, 0.29) is 17.8 Å². The fourth-order valence-electron chi connectivity index (χ4n) is 2.07. The molecule has 0 aliphatic heterocycles. The van der Waals surface area contributed by atoms with Crippen LogP contribution in [0.3, 0.4) is 0 Å². The molecule has 1 aliphatic carbocycles. The van der Waals surface area contributed by atoms with Gasteiger partial charge in [0.05, 0.1) is 12.7 Å². The topological polar surface area (TPSA) is 55.4 Å². The van der Waals surface area contributed by atoms with E-state index in [0.29, 0.717) is 18.0 Å². The molecular weight excluding hydrogens is 242 g/mol. The molecule has 19 heavy (non-hydrogen) atoms. The van der Waals surface area contributed by atoms with Crippen molar-refractivity contribution >= 4 is 11.9 Å². The second-order valence-electron chi connectivity index (χ2n) is 5.05. The Morgan fingerprint density at radius 2 is 1.95 bits per heavy atom. The summed E-state index contributed by atoms with van der Waals surface area (Å²) in [6, 6.07) is 7.26. The maximum absolute atomic E-state index is 11.6. The molecule has 0 heterocycles. The van der Waals surface area contributed by atoms with Gasteiger partial charge in [-0.2, -0.15) is 0 Å². The van der Waals surface area contributed by atoms with Crippen LogP contribution in [0.25, 0.3) is 0 Å². The van der Waals surface area contributed by atoms with Crippen LogP contribution in [0.15, 0.2) is 24.3 Å². The Morgan fingerprint density at radius 3 is 2.47 bits per heavy atom. The van der Waals surface area contributed by atoms with Crippen molar-refractivity contribution < 1.29 is 14.3 Å². The van der Waals surface area contributed by atoms with Crippen molar-refractivity contribution in [1.82, 2.24) is 5.32 Å². The standard InChI is InChI=1S/C15H19NO3/c1-10-9-13(10)14(17)16-8-7-11-3-5-12(6-4-11)15(18)19-2/h3-6,10,13H,7-9H2,1-2H3,(H,16,17)/t10-,13-/m1/s1. The number of carbonyl (C=O) groups is 2. The van der Waals surface area contributed by atoms with Crippen LogP contribution in [0.4, 0.5) is 0 Å². The van der Waals surface area contributed by atoms with Crippen LogP contribution in [0.1, 0.15) is 29.3 Å². The third-order valence-corrected chi connectivity index (χ3v) is 3.53. The van der Waals surface area contributed by atoms with Gasteiger partial charge in [-0.15, -0.1) is 0 Å². The Balaban J connectivity index is 1.77. The van der Waals surface area contributed by atoms with Gasteiger partial charge in [0.15, 0.2) is 0 Å². The molecule has 2 rings (SSSR count). The lowest BCUT2D eigenvalue weighted by molar-refractivity contribution is -0.122. The first-order valence-electron chi connectivity index (χ1n) is 6.56. The third kappa shape index (κ3) is 3.56. The number of nitrogens with one attached hydrogen (secondary N) is 1. The van der Waals surface area contributed by atoms with Gasteiger partial charge in [-0.05, 0) is 36.5 Å². The summed E-state index contributed by atoms with van der Waals surface area (Å²) < 4.78 is 4.64. The minimum Gasteiger partial charge on any atom is -0.465 e. The van der Waals surface area contributed by atoms with E-state index >= 15 is 0 Å². The zero-order valence-electron chi connectivity index (χ0n) is 11.3. The smallest absolute Gasteiger partial charge is 0.337 e. The first kappa shape index (κ1) is 13.6. The summed E-state index contributed by atoms with van der Waals surface area (Å²) in [6.45, 7) is 2.73. The van der Waals surface area contributed by atoms with Crippen molar-refractivity contribution in [2.75, 3.05) is 13.7 Å². The van der Waals surface area contributed by atoms with Gasteiger partial charge in [0.2, 0.25) is 5.91 Å². The summed E-state index contributed by atoms with van der Waals surface area (Å²) in [4.78, 5) is 22.9. The molecule has 102 valence electrons. The van der Waals surface area contributed by atoms with E-state index in [1.54, 1.807) is 12.1 Å². The second-order valence-corrected chi connectivity index (χ2v) is 5.05. The number of amides is 1. The lowest BCUT2D eigenvalue weighted by Crippen LogP contribution is -2.27. The molecule has 1 amide bonds. The van der Waals surface area contributed by atoms with Gasteiger partial charge in [0.25, 0.3) is 0 Å². The largest absolute Gasteiger partial charge is 0.465 e. The molecule has 0 radical (unpaired) electrons. The fraction of sp³-hybridized carbons (Fsp3) is 0.467. The van der Waals surface area contributed by atoms with Crippen molar-refractivity contribution in [2.45, 2.75) is 19.8 Å². The number of hydrogen-bond donors (Lipinski definition) is 1. The molecule has 1 fully saturated rings. The van der Waals surface area contributed by atoms with Gasteiger partial charge in [-0.25, -0.2) is 4.79 Å². The molecular formula is C15H19NO3. The average molecular weight is 261 g/mol. The van der Waals surface area contributed by atoms with Gasteiger partial charge in [-0.3, -0.25) is 4.79 Å². The van der Waals surface area contributed by atoms with Gasteiger partial charge < -0.3 is 10.1 Å². The van der Waals surface area contributed by atoms with Crippen LogP contribution in [0, 0.1) is 11.8 Å². The second kappa shape index (κ2) is 5.87. The minimum atomic E-state index is -0.331. The molecule has 4 heteroatoms. The molecule has 1 saturated carbocycles. The molecule has 0 bridgehead atoms. The molecule has 0 unspecified atom stereocenters. The van der Waals surface area contributed by atoms with Gasteiger partial charge >= 0.3 is 5.97 Å². The Hall–Kier alpha value is -1.84. The summed E-state index contributed by atoms with van der Waals surface area (Å²) in [7, 11) is 1.37. The van der Waals surface area contributed by atoms with Crippen LogP contribution in [0.2, 0.25) is 0 Å². The molecule has 1 aliphatic rings. The number of benzene rings is 1. The van der Waals surface area contributed by atoms with Crippen molar-refractivity contribution in [3.63, 3.8) is 0 Å². The Kier molecular flexibility index (Phi) is 4.20. The average Bonchev–Trinajstić information content (AvgIpc) is 3.16. The summed E-state index contributed by atoms with van der Waals surface area (Å²) in [6.07, 6.45) is 1.79. The van der Waals surface area contributed by atoms with Gasteiger partial charge in [0.1, 0.15) is 0 Å². The van der Waals surface area contributed by atoms with E-state index < -0.39 is 0 Å². The normalized spacial score (nSPS) is 20.7. The fourth-order valence-corrected chi connectivity index (χ4v) is 2.07. The molecule has 1 N–H and O–H groups in total. The number of hydrogen-bond acceptors (Lipinski definition) is 3. The first-order valence-corrected chi connectivity index (χ1v) is 6.56. The summed E-state index contributed by atoms with van der Waals surface area (Å²) in [5, 5.41) is 2.94. The van der Waals surface area contributed by atoms with E-state index in [9.17, 15) is 9.59 Å². The maximum Gasteiger partial charge on any atom is 0.337 e. The molecule has 0 saturated heterocycles. The molecule has 0 aromatic heterocycles. The SMILES string of the molecule is COC(=O)c1ccc(CCNC(=O)[C@@H]2C[C@H]2C)cc1. The van der Waals surface area contributed by atoms with E-state index in [1.165, 1.54) is 7.11 Å². The number of rotatable bonds is 5. The monoisotopic (exact) mass is 261 g/mol. The summed E-state index contributed by atoms with van der Waals surface area (Å²) in [5.41, 5.74) is 1.64. The lowest BCUT2D eigenvalue weighted by Gasteiger charge is -2.05. The molecule has 1 aromatic rings. The van der Waals surface area contributed by atoms with Crippen molar-refractivity contribution in [1.29, 1.82) is 0 Å². The minimum absolute atomic E-state index is 0.165. The number of esters is 1. The quantitative estimate of drug-likeness (QED) is 0.822. The van der Waals surface area contributed by atoms with Crippen molar-refractivity contribution in [2.24, 2.45) is 11.8 Å². The first-order chi connectivity index (χ1) is 9.11. The molecule has 2 atom stereocenters. The van der Waals surface area contributed by atoms with Gasteiger partial charge in [0, 0.05) is 12.5 Å². The highest BCUT2D eigenvalue weighted by atomic mass is 16.5. The van der Waals surface area contributed by atoms with Crippen LogP contribution in [0.5, 0.6) is 0 Å².